The minimum Gasteiger partial charge on any atom is -0.330 e. The molecule has 5 nitrogen and oxygen atoms in total. The molecule has 0 radical (unpaired) electrons. The summed E-state index contributed by atoms with van der Waals surface area (Å²) in [6.45, 7) is 9.38. The van der Waals surface area contributed by atoms with Gasteiger partial charge in [0.2, 0.25) is 0 Å². The Hall–Kier alpha value is -0.170. The quantitative estimate of drug-likeness (QED) is 0.786. The topological polar surface area (TPSA) is 75.4 Å². The Morgan fingerprint density at radius 3 is 2.12 bits per heavy atom. The van der Waals surface area contributed by atoms with Crippen LogP contribution in [0.2, 0.25) is 0 Å². The molecule has 17 heavy (non-hydrogen) atoms. The van der Waals surface area contributed by atoms with Gasteiger partial charge in [-0.25, -0.2) is 0 Å². The van der Waals surface area contributed by atoms with Crippen LogP contribution in [0.15, 0.2) is 0 Å². The smallest absolute Gasteiger partial charge is 0.279 e. The highest BCUT2D eigenvalue weighted by molar-refractivity contribution is 7.87. The second-order valence-corrected chi connectivity index (χ2v) is 7.94. The predicted molar refractivity (Wildman–Crippen MR) is 69.8 cm³/mol. The Bertz CT molecular complexity index is 351. The highest BCUT2D eigenvalue weighted by Gasteiger charge is 2.35. The van der Waals surface area contributed by atoms with Crippen molar-refractivity contribution >= 4 is 10.2 Å². The molecular formula is C11H25N3O2S. The van der Waals surface area contributed by atoms with E-state index >= 15 is 0 Å². The van der Waals surface area contributed by atoms with Gasteiger partial charge < -0.3 is 5.73 Å². The van der Waals surface area contributed by atoms with E-state index in [1.807, 2.05) is 20.8 Å². The van der Waals surface area contributed by atoms with Gasteiger partial charge in [0.1, 0.15) is 0 Å². The van der Waals surface area contributed by atoms with E-state index < -0.39 is 15.7 Å². The van der Waals surface area contributed by atoms with Crippen LogP contribution < -0.4 is 10.5 Å². The number of hydrogen-bond acceptors (Lipinski definition) is 3. The average Bonchev–Trinajstić information content (AvgIpc) is 2.15. The van der Waals surface area contributed by atoms with Crippen LogP contribution in [0.4, 0.5) is 0 Å². The van der Waals surface area contributed by atoms with Crippen molar-refractivity contribution in [3.63, 3.8) is 0 Å². The molecule has 1 aliphatic rings. The molecule has 0 atom stereocenters. The van der Waals surface area contributed by atoms with Crippen molar-refractivity contribution in [2.75, 3.05) is 19.6 Å². The van der Waals surface area contributed by atoms with Gasteiger partial charge in [-0.2, -0.15) is 17.4 Å². The van der Waals surface area contributed by atoms with E-state index in [4.69, 9.17) is 5.73 Å². The molecule has 0 aliphatic carbocycles. The van der Waals surface area contributed by atoms with Gasteiger partial charge in [-0.1, -0.05) is 6.92 Å². The molecule has 6 heteroatoms. The standard InChI is InChI=1S/C11H25N3O2S/c1-10(2,3)13-17(15,16)14-7-5-11(4,9-12)6-8-14/h13H,5-9,12H2,1-4H3. The summed E-state index contributed by atoms with van der Waals surface area (Å²) in [5.41, 5.74) is 5.36. The molecule has 3 N–H and O–H groups in total. The molecule has 0 spiro atoms. The molecule has 0 unspecified atom stereocenters. The summed E-state index contributed by atoms with van der Waals surface area (Å²) < 4.78 is 28.4. The Labute approximate surface area is 105 Å². The molecule has 1 fully saturated rings. The second-order valence-electron chi connectivity index (χ2n) is 6.27. The zero-order chi connectivity index (χ0) is 13.3. The molecule has 0 amide bonds. The normalized spacial score (nSPS) is 22.6. The van der Waals surface area contributed by atoms with Gasteiger partial charge in [0.05, 0.1) is 0 Å². The maximum absolute atomic E-state index is 12.1. The molecular weight excluding hydrogens is 238 g/mol. The summed E-state index contributed by atoms with van der Waals surface area (Å²) in [4.78, 5) is 0. The lowest BCUT2D eigenvalue weighted by atomic mass is 9.81. The van der Waals surface area contributed by atoms with Gasteiger partial charge in [0.25, 0.3) is 10.2 Å². The van der Waals surface area contributed by atoms with E-state index in [0.717, 1.165) is 12.8 Å². The minimum atomic E-state index is -3.36. The number of nitrogens with two attached hydrogens (primary N) is 1. The van der Waals surface area contributed by atoms with Gasteiger partial charge in [-0.15, -0.1) is 0 Å². The van der Waals surface area contributed by atoms with Crippen LogP contribution in [0, 0.1) is 5.41 Å². The van der Waals surface area contributed by atoms with Crippen LogP contribution in [0.25, 0.3) is 0 Å². The maximum atomic E-state index is 12.1. The number of nitrogens with one attached hydrogen (secondary N) is 1. The zero-order valence-corrected chi connectivity index (χ0v) is 12.1. The van der Waals surface area contributed by atoms with E-state index in [-0.39, 0.29) is 5.41 Å². The van der Waals surface area contributed by atoms with Crippen molar-refractivity contribution in [3.05, 3.63) is 0 Å². The highest BCUT2D eigenvalue weighted by Crippen LogP contribution is 2.30. The highest BCUT2D eigenvalue weighted by atomic mass is 32.2. The fourth-order valence-corrected chi connectivity index (χ4v) is 3.49. The number of piperidine rings is 1. The molecule has 1 rings (SSSR count). The summed E-state index contributed by atoms with van der Waals surface area (Å²) >= 11 is 0. The van der Waals surface area contributed by atoms with E-state index in [1.165, 1.54) is 4.31 Å². The Balaban J connectivity index is 2.66. The van der Waals surface area contributed by atoms with Crippen molar-refractivity contribution in [3.8, 4) is 0 Å². The summed E-state index contributed by atoms with van der Waals surface area (Å²) in [5.74, 6) is 0. The Morgan fingerprint density at radius 1 is 1.29 bits per heavy atom. The van der Waals surface area contributed by atoms with Crippen molar-refractivity contribution in [1.82, 2.24) is 9.03 Å². The van der Waals surface area contributed by atoms with Gasteiger partial charge in [-0.05, 0) is 45.6 Å². The predicted octanol–water partition coefficient (Wildman–Crippen LogP) is 0.680. The van der Waals surface area contributed by atoms with Crippen molar-refractivity contribution < 1.29 is 8.42 Å². The van der Waals surface area contributed by atoms with E-state index in [0.29, 0.717) is 19.6 Å². The summed E-state index contributed by atoms with van der Waals surface area (Å²) in [5, 5.41) is 0. The number of rotatable bonds is 3. The summed E-state index contributed by atoms with van der Waals surface area (Å²) in [6.07, 6.45) is 1.66. The number of nitrogens with zero attached hydrogens (tertiary/aromatic N) is 1. The third-order valence-electron chi connectivity index (χ3n) is 3.20. The van der Waals surface area contributed by atoms with Gasteiger partial charge >= 0.3 is 0 Å². The van der Waals surface area contributed by atoms with E-state index in [2.05, 4.69) is 11.6 Å². The van der Waals surface area contributed by atoms with Crippen molar-refractivity contribution in [2.45, 2.75) is 46.1 Å². The third kappa shape index (κ3) is 4.21. The summed E-state index contributed by atoms with van der Waals surface area (Å²) in [7, 11) is -3.36. The third-order valence-corrected chi connectivity index (χ3v) is 5.11. The number of hydrogen-bond donors (Lipinski definition) is 2. The fourth-order valence-electron chi connectivity index (χ4n) is 1.92. The molecule has 102 valence electrons. The second kappa shape index (κ2) is 4.84. The van der Waals surface area contributed by atoms with Crippen molar-refractivity contribution in [1.29, 1.82) is 0 Å². The van der Waals surface area contributed by atoms with Crippen LogP contribution in [0.3, 0.4) is 0 Å². The van der Waals surface area contributed by atoms with Gasteiger partial charge in [-0.3, -0.25) is 0 Å². The molecule has 0 aromatic heterocycles. The van der Waals surface area contributed by atoms with Crippen LogP contribution in [0.5, 0.6) is 0 Å². The lowest BCUT2D eigenvalue weighted by Crippen LogP contribution is -2.52. The summed E-state index contributed by atoms with van der Waals surface area (Å²) in [6, 6.07) is 0. The molecule has 0 aromatic rings. The Morgan fingerprint density at radius 2 is 1.76 bits per heavy atom. The van der Waals surface area contributed by atoms with Crippen LogP contribution >= 0.6 is 0 Å². The molecule has 0 aromatic carbocycles. The molecule has 1 saturated heterocycles. The maximum Gasteiger partial charge on any atom is 0.279 e. The molecule has 0 saturated carbocycles. The van der Waals surface area contributed by atoms with Crippen LogP contribution in [-0.4, -0.2) is 37.9 Å². The first kappa shape index (κ1) is 14.9. The van der Waals surface area contributed by atoms with Crippen molar-refractivity contribution in [2.24, 2.45) is 11.1 Å². The van der Waals surface area contributed by atoms with Gasteiger partial charge in [0, 0.05) is 18.6 Å². The largest absolute Gasteiger partial charge is 0.330 e. The monoisotopic (exact) mass is 263 g/mol. The lowest BCUT2D eigenvalue weighted by molar-refractivity contribution is 0.180. The minimum absolute atomic E-state index is 0.0910. The fraction of sp³-hybridized carbons (Fsp3) is 1.00. The first-order valence-corrected chi connectivity index (χ1v) is 7.51. The average molecular weight is 263 g/mol. The van der Waals surface area contributed by atoms with Gasteiger partial charge in [0.15, 0.2) is 0 Å². The van der Waals surface area contributed by atoms with E-state index in [1.54, 1.807) is 0 Å². The molecule has 1 aliphatic heterocycles. The van der Waals surface area contributed by atoms with E-state index in [9.17, 15) is 8.42 Å². The molecule has 0 bridgehead atoms. The molecule has 1 heterocycles. The first-order valence-electron chi connectivity index (χ1n) is 6.07. The van der Waals surface area contributed by atoms with Crippen LogP contribution in [0.1, 0.15) is 40.5 Å². The lowest BCUT2D eigenvalue weighted by Gasteiger charge is -2.38. The Kier molecular flexibility index (Phi) is 4.24. The first-order chi connectivity index (χ1) is 7.58. The SMILES string of the molecule is CC1(CN)CCN(S(=O)(=O)NC(C)(C)C)CC1. The van der Waals surface area contributed by atoms with Crippen LogP contribution in [-0.2, 0) is 10.2 Å². The zero-order valence-electron chi connectivity index (χ0n) is 11.3.